The molecule has 31 heavy (non-hydrogen) atoms. The van der Waals surface area contributed by atoms with Crippen molar-refractivity contribution >= 4 is 11.9 Å². The predicted molar refractivity (Wildman–Crippen MR) is 123 cm³/mol. The summed E-state index contributed by atoms with van der Waals surface area (Å²) in [6, 6.07) is 0.482. The average Bonchev–Trinajstić information content (AvgIpc) is 3.03. The summed E-state index contributed by atoms with van der Waals surface area (Å²) >= 11 is 0. The third-order valence-corrected chi connectivity index (χ3v) is 9.72. The zero-order valence-corrected chi connectivity index (χ0v) is 20.3. The first-order valence-corrected chi connectivity index (χ1v) is 12.5. The van der Waals surface area contributed by atoms with Gasteiger partial charge in [-0.15, -0.1) is 0 Å². The average molecular weight is 428 g/mol. The summed E-state index contributed by atoms with van der Waals surface area (Å²) in [5.41, 5.74) is 2.02. The van der Waals surface area contributed by atoms with E-state index in [1.54, 1.807) is 0 Å². The molecule has 0 heterocycles. The van der Waals surface area contributed by atoms with E-state index in [0.29, 0.717) is 29.2 Å². The molecule has 4 rings (SSSR count). The minimum absolute atomic E-state index is 0.0905. The number of carbonyl (C=O) groups excluding carboxylic acids is 1. The lowest BCUT2D eigenvalue weighted by Gasteiger charge is -2.58. The monoisotopic (exact) mass is 427 g/mol. The van der Waals surface area contributed by atoms with Crippen molar-refractivity contribution in [3.63, 3.8) is 0 Å². The highest BCUT2D eigenvalue weighted by molar-refractivity contribution is 5.90. The highest BCUT2D eigenvalue weighted by atomic mass is 16.4. The Hall–Kier alpha value is -1.58. The molecular weight excluding hydrogens is 386 g/mol. The first-order chi connectivity index (χ1) is 14.5. The lowest BCUT2D eigenvalue weighted by atomic mass is 9.47. The summed E-state index contributed by atoms with van der Waals surface area (Å²) in [6.07, 6.45) is 11.4. The van der Waals surface area contributed by atoms with Crippen LogP contribution in [0.5, 0.6) is 0 Å². The largest absolute Gasteiger partial charge is 0.478 e. The van der Waals surface area contributed by atoms with Gasteiger partial charge in [0, 0.05) is 18.0 Å². The number of hydrogen-bond acceptors (Lipinski definition) is 2. The van der Waals surface area contributed by atoms with Gasteiger partial charge in [0.1, 0.15) is 0 Å². The summed E-state index contributed by atoms with van der Waals surface area (Å²) in [6.45, 7) is 13.4. The topological polar surface area (TPSA) is 57.6 Å². The number of nitrogens with zero attached hydrogens (tertiary/aromatic N) is 1. The normalized spacial score (nSPS) is 39.4. The van der Waals surface area contributed by atoms with Gasteiger partial charge >= 0.3 is 5.97 Å². The summed E-state index contributed by atoms with van der Waals surface area (Å²) in [5.74, 6) is 1.61. The van der Waals surface area contributed by atoms with E-state index in [9.17, 15) is 14.7 Å². The molecule has 0 aromatic heterocycles. The summed E-state index contributed by atoms with van der Waals surface area (Å²) in [7, 11) is 0. The summed E-state index contributed by atoms with van der Waals surface area (Å²) in [5, 5.41) is 9.46. The molecular formula is C27H41NO3. The van der Waals surface area contributed by atoms with Crippen LogP contribution in [0.4, 0.5) is 0 Å². The second kappa shape index (κ2) is 7.78. The molecule has 4 aliphatic rings. The van der Waals surface area contributed by atoms with Crippen molar-refractivity contribution in [1.29, 1.82) is 0 Å². The minimum Gasteiger partial charge on any atom is -0.478 e. The zero-order chi connectivity index (χ0) is 22.7. The molecule has 0 bridgehead atoms. The summed E-state index contributed by atoms with van der Waals surface area (Å²) in [4.78, 5) is 27.3. The molecule has 0 aromatic carbocycles. The second-order valence-corrected chi connectivity index (χ2v) is 11.8. The van der Waals surface area contributed by atoms with E-state index in [1.807, 2.05) is 12.2 Å². The lowest BCUT2D eigenvalue weighted by molar-refractivity contribution is -0.146. The van der Waals surface area contributed by atoms with Gasteiger partial charge in [-0.25, -0.2) is 4.79 Å². The van der Waals surface area contributed by atoms with Crippen LogP contribution in [0.2, 0.25) is 0 Å². The van der Waals surface area contributed by atoms with Crippen molar-refractivity contribution in [3.05, 3.63) is 23.3 Å². The number of carboxylic acids is 1. The number of rotatable bonds is 4. The molecule has 0 saturated heterocycles. The molecule has 6 atom stereocenters. The fourth-order valence-corrected chi connectivity index (χ4v) is 8.26. The number of fused-ring (bicyclic) bond motifs is 5. The van der Waals surface area contributed by atoms with Gasteiger partial charge in [0.05, 0.1) is 5.57 Å². The SMILES string of the molecule is CC(C)N(C(=O)C1CC[C@H]2[C@@H]3CCC4=CC(C(=O)O)=CC[C@]4(C)[C@@H]3CC[C@]12C)C(C)C. The number of aliphatic carboxylic acids is 1. The number of amides is 1. The van der Waals surface area contributed by atoms with E-state index in [2.05, 4.69) is 46.4 Å². The van der Waals surface area contributed by atoms with Crippen LogP contribution in [-0.2, 0) is 9.59 Å². The molecule has 3 saturated carbocycles. The van der Waals surface area contributed by atoms with Crippen LogP contribution in [0.15, 0.2) is 23.3 Å². The Bertz CT molecular complexity index is 816. The number of allylic oxidation sites excluding steroid dienone is 2. The molecule has 1 amide bonds. The van der Waals surface area contributed by atoms with Crippen molar-refractivity contribution in [1.82, 2.24) is 4.90 Å². The molecule has 0 spiro atoms. The molecule has 1 unspecified atom stereocenters. The fraction of sp³-hybridized carbons (Fsp3) is 0.778. The van der Waals surface area contributed by atoms with E-state index in [1.165, 1.54) is 12.0 Å². The van der Waals surface area contributed by atoms with Crippen molar-refractivity contribution in [2.24, 2.45) is 34.5 Å². The van der Waals surface area contributed by atoms with Gasteiger partial charge in [0.25, 0.3) is 0 Å². The first-order valence-electron chi connectivity index (χ1n) is 12.5. The molecule has 172 valence electrons. The Balaban J connectivity index is 1.59. The summed E-state index contributed by atoms with van der Waals surface area (Å²) < 4.78 is 0. The predicted octanol–water partition coefficient (Wildman–Crippen LogP) is 5.83. The minimum atomic E-state index is -0.801. The Morgan fingerprint density at radius 3 is 2.32 bits per heavy atom. The molecule has 0 aromatic rings. The van der Waals surface area contributed by atoms with Crippen molar-refractivity contribution in [2.75, 3.05) is 0 Å². The van der Waals surface area contributed by atoms with Crippen LogP contribution in [0, 0.1) is 34.5 Å². The molecule has 0 aliphatic heterocycles. The van der Waals surface area contributed by atoms with Crippen LogP contribution >= 0.6 is 0 Å². The van der Waals surface area contributed by atoms with E-state index < -0.39 is 5.97 Å². The van der Waals surface area contributed by atoms with Gasteiger partial charge < -0.3 is 10.0 Å². The smallest absolute Gasteiger partial charge is 0.335 e. The van der Waals surface area contributed by atoms with E-state index in [-0.39, 0.29) is 28.8 Å². The standard InChI is InChI=1S/C27H41NO3/c1-16(2)28(17(3)4)24(29)23-10-9-21-20-8-7-19-15-18(25(30)31)11-13-26(19,5)22(20)12-14-27(21,23)6/h11,15-17,20-23H,7-10,12-14H2,1-6H3,(H,30,31)/t20-,21-,22+,23?,26-,27-/m0/s1. The third-order valence-electron chi connectivity index (χ3n) is 9.72. The van der Waals surface area contributed by atoms with E-state index >= 15 is 0 Å². The van der Waals surface area contributed by atoms with Crippen molar-refractivity contribution in [2.45, 2.75) is 98.6 Å². The maximum absolute atomic E-state index is 13.7. The van der Waals surface area contributed by atoms with Crippen LogP contribution in [-0.4, -0.2) is 34.0 Å². The third kappa shape index (κ3) is 3.40. The van der Waals surface area contributed by atoms with Crippen LogP contribution in [0.3, 0.4) is 0 Å². The first kappa shape index (κ1) is 22.6. The zero-order valence-electron chi connectivity index (χ0n) is 20.3. The van der Waals surface area contributed by atoms with Gasteiger partial charge in [-0.3, -0.25) is 4.79 Å². The Kier molecular flexibility index (Phi) is 5.67. The highest BCUT2D eigenvalue weighted by Crippen LogP contribution is 2.66. The number of carboxylic acid groups (broad SMARTS) is 1. The van der Waals surface area contributed by atoms with Gasteiger partial charge in [-0.1, -0.05) is 25.5 Å². The fourth-order valence-electron chi connectivity index (χ4n) is 8.26. The molecule has 3 fully saturated rings. The number of carbonyl (C=O) groups is 2. The molecule has 4 nitrogen and oxygen atoms in total. The highest BCUT2D eigenvalue weighted by Gasteiger charge is 2.60. The number of hydrogen-bond donors (Lipinski definition) is 1. The van der Waals surface area contributed by atoms with Crippen LogP contribution in [0.1, 0.15) is 86.5 Å². The van der Waals surface area contributed by atoms with Gasteiger partial charge in [-0.05, 0) is 107 Å². The van der Waals surface area contributed by atoms with Gasteiger partial charge in [0.15, 0.2) is 0 Å². The van der Waals surface area contributed by atoms with Crippen LogP contribution < -0.4 is 0 Å². The van der Waals surface area contributed by atoms with E-state index in [4.69, 9.17) is 0 Å². The molecule has 4 heteroatoms. The Morgan fingerprint density at radius 2 is 1.71 bits per heavy atom. The van der Waals surface area contributed by atoms with Gasteiger partial charge in [0.2, 0.25) is 5.91 Å². The maximum Gasteiger partial charge on any atom is 0.335 e. The van der Waals surface area contributed by atoms with E-state index in [0.717, 1.165) is 38.5 Å². The molecule has 1 N–H and O–H groups in total. The van der Waals surface area contributed by atoms with Crippen molar-refractivity contribution in [3.8, 4) is 0 Å². The van der Waals surface area contributed by atoms with Gasteiger partial charge in [-0.2, -0.15) is 0 Å². The Labute approximate surface area is 188 Å². The maximum atomic E-state index is 13.7. The second-order valence-electron chi connectivity index (χ2n) is 11.8. The molecule has 4 aliphatic carbocycles. The lowest BCUT2D eigenvalue weighted by Crippen LogP contribution is -2.53. The van der Waals surface area contributed by atoms with Crippen LogP contribution in [0.25, 0.3) is 0 Å². The Morgan fingerprint density at radius 1 is 1.03 bits per heavy atom. The van der Waals surface area contributed by atoms with Crippen molar-refractivity contribution < 1.29 is 14.7 Å². The molecule has 0 radical (unpaired) electrons. The quantitative estimate of drug-likeness (QED) is 0.614.